The van der Waals surface area contributed by atoms with Gasteiger partial charge in [-0.05, 0) is 50.6 Å². The quantitative estimate of drug-likeness (QED) is 0.840. The summed E-state index contributed by atoms with van der Waals surface area (Å²) in [6.45, 7) is 2.96. The molecule has 116 valence electrons. The minimum Gasteiger partial charge on any atom is -0.465 e. The Morgan fingerprint density at radius 2 is 1.95 bits per heavy atom. The fourth-order valence-corrected chi connectivity index (χ4v) is 2.42. The van der Waals surface area contributed by atoms with Gasteiger partial charge >= 0.3 is 5.97 Å². The topological polar surface area (TPSA) is 67.4 Å². The van der Waals surface area contributed by atoms with E-state index in [-0.39, 0.29) is 30.2 Å². The van der Waals surface area contributed by atoms with Crippen LogP contribution in [-0.4, -0.2) is 31.6 Å². The van der Waals surface area contributed by atoms with Crippen LogP contribution in [0.1, 0.15) is 30.1 Å². The van der Waals surface area contributed by atoms with Crippen molar-refractivity contribution in [1.82, 2.24) is 5.32 Å². The van der Waals surface area contributed by atoms with E-state index in [1.54, 1.807) is 24.3 Å². The minimum atomic E-state index is -0.380. The summed E-state index contributed by atoms with van der Waals surface area (Å²) in [5.74, 6) is -0.286. The minimum absolute atomic E-state index is 0. The second kappa shape index (κ2) is 8.00. The molecule has 0 bridgehead atoms. The van der Waals surface area contributed by atoms with Gasteiger partial charge in [-0.15, -0.1) is 12.4 Å². The number of methoxy groups -OCH3 is 1. The molecule has 2 N–H and O–H groups in total. The third-order valence-electron chi connectivity index (χ3n) is 3.57. The first-order chi connectivity index (χ1) is 9.60. The molecular weight excluding hydrogens is 292 g/mol. The van der Waals surface area contributed by atoms with Crippen molar-refractivity contribution in [2.75, 3.05) is 19.0 Å². The zero-order chi connectivity index (χ0) is 14.5. The Kier molecular flexibility index (Phi) is 6.65. The van der Waals surface area contributed by atoms with Crippen LogP contribution in [0.5, 0.6) is 0 Å². The molecule has 1 fully saturated rings. The van der Waals surface area contributed by atoms with Gasteiger partial charge in [-0.25, -0.2) is 4.79 Å². The molecule has 1 amide bonds. The maximum absolute atomic E-state index is 12.2. The summed E-state index contributed by atoms with van der Waals surface area (Å²) in [5.41, 5.74) is 1.18. The number of ether oxygens (including phenoxy) is 1. The maximum Gasteiger partial charge on any atom is 0.337 e. The molecule has 0 aromatic heterocycles. The standard InChI is InChI=1S/C15H20N2O3.ClH/c1-10-9-12(7-8-16-10)14(18)17-13-5-3-11(4-6-13)15(19)20-2;/h3-6,10,12,16H,7-9H2,1-2H3,(H,17,18);1H/t10-,12-;/m0./s1. The predicted molar refractivity (Wildman–Crippen MR) is 83.8 cm³/mol. The third-order valence-corrected chi connectivity index (χ3v) is 3.57. The number of carbonyl (C=O) groups excluding carboxylic acids is 2. The Balaban J connectivity index is 0.00000220. The fourth-order valence-electron chi connectivity index (χ4n) is 2.42. The lowest BCUT2D eigenvalue weighted by molar-refractivity contribution is -0.120. The number of amides is 1. The number of esters is 1. The van der Waals surface area contributed by atoms with E-state index in [9.17, 15) is 9.59 Å². The van der Waals surface area contributed by atoms with E-state index in [0.717, 1.165) is 19.4 Å². The molecule has 0 saturated carbocycles. The predicted octanol–water partition coefficient (Wildman–Crippen LogP) is 2.22. The summed E-state index contributed by atoms with van der Waals surface area (Å²) in [7, 11) is 1.34. The molecule has 1 aliphatic heterocycles. The molecule has 0 aliphatic carbocycles. The Morgan fingerprint density at radius 3 is 2.52 bits per heavy atom. The lowest BCUT2D eigenvalue weighted by Gasteiger charge is -2.27. The van der Waals surface area contributed by atoms with Crippen molar-refractivity contribution >= 4 is 30.0 Å². The number of halogens is 1. The van der Waals surface area contributed by atoms with Crippen LogP contribution in [0.25, 0.3) is 0 Å². The summed E-state index contributed by atoms with van der Waals surface area (Å²) < 4.78 is 4.63. The molecule has 1 aromatic carbocycles. The van der Waals surface area contributed by atoms with Crippen LogP contribution in [0, 0.1) is 5.92 Å². The lowest BCUT2D eigenvalue weighted by atomic mass is 9.92. The summed E-state index contributed by atoms with van der Waals surface area (Å²) in [5, 5.41) is 6.22. The van der Waals surface area contributed by atoms with E-state index in [1.807, 2.05) is 0 Å². The largest absolute Gasteiger partial charge is 0.465 e. The first-order valence-corrected chi connectivity index (χ1v) is 6.82. The maximum atomic E-state index is 12.2. The molecule has 1 aliphatic rings. The second-order valence-electron chi connectivity index (χ2n) is 5.13. The molecule has 0 unspecified atom stereocenters. The van der Waals surface area contributed by atoms with Gasteiger partial charge in [0.05, 0.1) is 12.7 Å². The lowest BCUT2D eigenvalue weighted by Crippen LogP contribution is -2.40. The monoisotopic (exact) mass is 312 g/mol. The van der Waals surface area contributed by atoms with Gasteiger partial charge in [0.2, 0.25) is 5.91 Å². The van der Waals surface area contributed by atoms with Gasteiger partial charge in [0.15, 0.2) is 0 Å². The number of nitrogens with one attached hydrogen (secondary N) is 2. The van der Waals surface area contributed by atoms with E-state index >= 15 is 0 Å². The molecule has 1 heterocycles. The molecule has 0 radical (unpaired) electrons. The van der Waals surface area contributed by atoms with Crippen LogP contribution in [0.15, 0.2) is 24.3 Å². The normalized spacial score (nSPS) is 21.0. The van der Waals surface area contributed by atoms with Crippen molar-refractivity contribution in [2.45, 2.75) is 25.8 Å². The van der Waals surface area contributed by atoms with Crippen molar-refractivity contribution in [3.63, 3.8) is 0 Å². The highest BCUT2D eigenvalue weighted by atomic mass is 35.5. The molecule has 6 heteroatoms. The van der Waals surface area contributed by atoms with Crippen molar-refractivity contribution in [3.05, 3.63) is 29.8 Å². The van der Waals surface area contributed by atoms with E-state index in [2.05, 4.69) is 22.3 Å². The first-order valence-electron chi connectivity index (χ1n) is 6.82. The number of anilines is 1. The second-order valence-corrected chi connectivity index (χ2v) is 5.13. The summed E-state index contributed by atoms with van der Waals surface area (Å²) in [6.07, 6.45) is 1.71. The van der Waals surface area contributed by atoms with Crippen LogP contribution in [0.2, 0.25) is 0 Å². The molecule has 2 rings (SSSR count). The van der Waals surface area contributed by atoms with Crippen molar-refractivity contribution < 1.29 is 14.3 Å². The van der Waals surface area contributed by atoms with E-state index in [0.29, 0.717) is 17.3 Å². The summed E-state index contributed by atoms with van der Waals surface area (Å²) in [6, 6.07) is 7.10. The molecule has 21 heavy (non-hydrogen) atoms. The molecular formula is C15H21ClN2O3. The SMILES string of the molecule is COC(=O)c1ccc(NC(=O)[C@H]2CCN[C@@H](C)C2)cc1.Cl. The first kappa shape index (κ1) is 17.5. The number of hydrogen-bond donors (Lipinski definition) is 2. The van der Waals surface area contributed by atoms with Crippen LogP contribution >= 0.6 is 12.4 Å². The molecule has 1 aromatic rings. The van der Waals surface area contributed by atoms with Gasteiger partial charge in [0.25, 0.3) is 0 Å². The Bertz CT molecular complexity index is 490. The highest BCUT2D eigenvalue weighted by Gasteiger charge is 2.24. The Hall–Kier alpha value is -1.59. The zero-order valence-electron chi connectivity index (χ0n) is 12.2. The fraction of sp³-hybridized carbons (Fsp3) is 0.467. The molecule has 1 saturated heterocycles. The summed E-state index contributed by atoms with van der Waals surface area (Å²) >= 11 is 0. The van der Waals surface area contributed by atoms with Gasteiger partial charge in [-0.2, -0.15) is 0 Å². The van der Waals surface area contributed by atoms with Crippen molar-refractivity contribution in [2.24, 2.45) is 5.92 Å². The van der Waals surface area contributed by atoms with Gasteiger partial charge in [0, 0.05) is 17.6 Å². The van der Waals surface area contributed by atoms with Crippen LogP contribution in [0.3, 0.4) is 0 Å². The smallest absolute Gasteiger partial charge is 0.337 e. The molecule has 0 spiro atoms. The third kappa shape index (κ3) is 4.72. The van der Waals surface area contributed by atoms with Crippen molar-refractivity contribution in [1.29, 1.82) is 0 Å². The number of piperidine rings is 1. The zero-order valence-corrected chi connectivity index (χ0v) is 13.0. The highest BCUT2D eigenvalue weighted by molar-refractivity contribution is 5.94. The van der Waals surface area contributed by atoms with E-state index in [1.165, 1.54) is 7.11 Å². The summed E-state index contributed by atoms with van der Waals surface area (Å²) in [4.78, 5) is 23.5. The average molecular weight is 313 g/mol. The number of hydrogen-bond acceptors (Lipinski definition) is 4. The van der Waals surface area contributed by atoms with Gasteiger partial charge in [-0.3, -0.25) is 4.79 Å². The Labute approximate surface area is 130 Å². The van der Waals surface area contributed by atoms with Gasteiger partial charge in [0.1, 0.15) is 0 Å². The van der Waals surface area contributed by atoms with Gasteiger partial charge in [-0.1, -0.05) is 0 Å². The number of carbonyl (C=O) groups is 2. The average Bonchev–Trinajstić information content (AvgIpc) is 2.47. The van der Waals surface area contributed by atoms with Crippen LogP contribution in [0.4, 0.5) is 5.69 Å². The van der Waals surface area contributed by atoms with E-state index in [4.69, 9.17) is 0 Å². The number of rotatable bonds is 3. The molecule has 5 nitrogen and oxygen atoms in total. The van der Waals surface area contributed by atoms with E-state index < -0.39 is 0 Å². The highest BCUT2D eigenvalue weighted by Crippen LogP contribution is 2.19. The van der Waals surface area contributed by atoms with Crippen LogP contribution < -0.4 is 10.6 Å². The number of benzene rings is 1. The Morgan fingerprint density at radius 1 is 1.29 bits per heavy atom. The van der Waals surface area contributed by atoms with Crippen LogP contribution in [-0.2, 0) is 9.53 Å². The molecule has 2 atom stereocenters. The van der Waals surface area contributed by atoms with Gasteiger partial charge < -0.3 is 15.4 Å². The van der Waals surface area contributed by atoms with Crippen molar-refractivity contribution in [3.8, 4) is 0 Å².